The van der Waals surface area contributed by atoms with E-state index in [9.17, 15) is 9.59 Å². The summed E-state index contributed by atoms with van der Waals surface area (Å²) in [5.41, 5.74) is 3.32. The zero-order chi connectivity index (χ0) is 24.9. The number of nitrogens with zero attached hydrogens (tertiary/aromatic N) is 3. The highest BCUT2D eigenvalue weighted by atomic mass is 16.5. The average molecular weight is 483 g/mol. The lowest BCUT2D eigenvalue weighted by atomic mass is 9.91. The van der Waals surface area contributed by atoms with Gasteiger partial charge in [0.2, 0.25) is 11.9 Å². The molecule has 0 spiro atoms. The van der Waals surface area contributed by atoms with E-state index in [0.717, 1.165) is 18.7 Å². The first-order valence-electron chi connectivity index (χ1n) is 12.3. The molecule has 7 nitrogen and oxygen atoms in total. The maximum Gasteiger partial charge on any atom is 0.320 e. The molecule has 5 rings (SSSR count). The summed E-state index contributed by atoms with van der Waals surface area (Å²) in [5, 5.41) is 2.88. The van der Waals surface area contributed by atoms with Crippen molar-refractivity contribution in [3.8, 4) is 0 Å². The molecule has 1 amide bonds. The molecule has 2 aliphatic heterocycles. The third-order valence-electron chi connectivity index (χ3n) is 6.90. The molecule has 2 unspecified atom stereocenters. The van der Waals surface area contributed by atoms with Gasteiger partial charge in [-0.25, -0.2) is 4.99 Å². The molecule has 36 heavy (non-hydrogen) atoms. The van der Waals surface area contributed by atoms with E-state index in [1.165, 1.54) is 18.2 Å². The van der Waals surface area contributed by atoms with Gasteiger partial charge in [-0.05, 0) is 16.7 Å². The van der Waals surface area contributed by atoms with Crippen LogP contribution in [0.5, 0.6) is 0 Å². The van der Waals surface area contributed by atoms with Gasteiger partial charge in [-0.1, -0.05) is 91.0 Å². The van der Waals surface area contributed by atoms with Crippen LogP contribution in [0.1, 0.15) is 28.8 Å². The molecule has 0 bridgehead atoms. The number of carbonyl (C=O) groups is 2. The summed E-state index contributed by atoms with van der Waals surface area (Å²) in [4.78, 5) is 34.9. The first-order valence-corrected chi connectivity index (χ1v) is 12.3. The third kappa shape index (κ3) is 4.88. The number of benzene rings is 3. The Balaban J connectivity index is 1.37. The molecule has 0 saturated carbocycles. The van der Waals surface area contributed by atoms with Crippen molar-refractivity contribution in [2.45, 2.75) is 12.1 Å². The number of aliphatic imine (C=N–C) groups is 1. The van der Waals surface area contributed by atoms with Crippen molar-refractivity contribution in [2.24, 2.45) is 10.9 Å². The van der Waals surface area contributed by atoms with Crippen molar-refractivity contribution >= 4 is 17.8 Å². The molecule has 2 aliphatic rings. The second-order valence-corrected chi connectivity index (χ2v) is 9.05. The number of ether oxygens (including phenoxy) is 1. The summed E-state index contributed by atoms with van der Waals surface area (Å²) in [7, 11) is 1.30. The largest absolute Gasteiger partial charge is 0.468 e. The minimum absolute atomic E-state index is 0.151. The topological polar surface area (TPSA) is 74.2 Å². The summed E-state index contributed by atoms with van der Waals surface area (Å²) in [5.74, 6) is -1.45. The number of piperazine rings is 1. The Morgan fingerprint density at radius 1 is 0.861 bits per heavy atom. The van der Waals surface area contributed by atoms with E-state index in [-0.39, 0.29) is 11.9 Å². The molecule has 3 aromatic rings. The number of guanidine groups is 1. The third-order valence-corrected chi connectivity index (χ3v) is 6.90. The van der Waals surface area contributed by atoms with Crippen molar-refractivity contribution < 1.29 is 14.3 Å². The Bertz CT molecular complexity index is 1170. The fraction of sp³-hybridized carbons (Fsp3) is 0.276. The van der Waals surface area contributed by atoms with E-state index in [2.05, 4.69) is 63.6 Å². The summed E-state index contributed by atoms with van der Waals surface area (Å²) in [6.45, 7) is 3.03. The number of hydrogen-bond acceptors (Lipinski definition) is 6. The molecule has 2 heterocycles. The van der Waals surface area contributed by atoms with Crippen LogP contribution in [0.3, 0.4) is 0 Å². The number of carbonyl (C=O) groups excluding carboxylic acids is 2. The second-order valence-electron chi connectivity index (χ2n) is 9.05. The highest BCUT2D eigenvalue weighted by Gasteiger charge is 2.42. The van der Waals surface area contributed by atoms with Gasteiger partial charge in [0.15, 0.2) is 5.92 Å². The van der Waals surface area contributed by atoms with Crippen LogP contribution in [0.25, 0.3) is 0 Å². The van der Waals surface area contributed by atoms with Crippen molar-refractivity contribution in [3.05, 3.63) is 108 Å². The number of rotatable bonds is 5. The summed E-state index contributed by atoms with van der Waals surface area (Å²) in [6, 6.07) is 30.1. The van der Waals surface area contributed by atoms with E-state index in [4.69, 9.17) is 9.73 Å². The maximum absolute atomic E-state index is 13.0. The van der Waals surface area contributed by atoms with Crippen LogP contribution in [-0.4, -0.2) is 60.9 Å². The van der Waals surface area contributed by atoms with Gasteiger partial charge in [-0.3, -0.25) is 19.8 Å². The zero-order valence-electron chi connectivity index (χ0n) is 20.3. The lowest BCUT2D eigenvalue weighted by Crippen LogP contribution is -2.57. The second kappa shape index (κ2) is 10.7. The highest BCUT2D eigenvalue weighted by Crippen LogP contribution is 2.32. The van der Waals surface area contributed by atoms with Crippen LogP contribution >= 0.6 is 0 Å². The summed E-state index contributed by atoms with van der Waals surface area (Å²) < 4.78 is 4.93. The molecule has 7 heteroatoms. The first kappa shape index (κ1) is 23.8. The molecular weight excluding hydrogens is 452 g/mol. The van der Waals surface area contributed by atoms with E-state index < -0.39 is 17.9 Å². The highest BCUT2D eigenvalue weighted by molar-refractivity contribution is 6.08. The van der Waals surface area contributed by atoms with Crippen LogP contribution < -0.4 is 5.32 Å². The molecule has 1 N–H and O–H groups in total. The Hall–Kier alpha value is -3.97. The number of nitrogens with one attached hydrogen (secondary N) is 1. The standard InChI is InChI=1S/C29H30N4O3/c1-36-28(35)24-25(21-11-5-2-6-12-21)30-29(31-27(24)34)33-19-17-32(18-20-33)26(22-13-7-3-8-14-22)23-15-9-4-10-16-23/h2-16,24-26H,17-20H2,1H3,(H,30,31,34). The average Bonchev–Trinajstić information content (AvgIpc) is 2.94. The van der Waals surface area contributed by atoms with E-state index in [1.807, 2.05) is 42.5 Å². The molecule has 3 aromatic carbocycles. The smallest absolute Gasteiger partial charge is 0.320 e. The van der Waals surface area contributed by atoms with Crippen LogP contribution in [-0.2, 0) is 14.3 Å². The molecule has 0 aromatic heterocycles. The molecule has 1 saturated heterocycles. The Morgan fingerprint density at radius 2 is 1.39 bits per heavy atom. The van der Waals surface area contributed by atoms with Crippen molar-refractivity contribution in [1.82, 2.24) is 15.1 Å². The van der Waals surface area contributed by atoms with Crippen LogP contribution in [0.2, 0.25) is 0 Å². The van der Waals surface area contributed by atoms with Gasteiger partial charge >= 0.3 is 5.97 Å². The van der Waals surface area contributed by atoms with E-state index in [1.54, 1.807) is 0 Å². The van der Waals surface area contributed by atoms with Crippen LogP contribution in [0.15, 0.2) is 96.0 Å². The van der Waals surface area contributed by atoms with Gasteiger partial charge < -0.3 is 9.64 Å². The summed E-state index contributed by atoms with van der Waals surface area (Å²) >= 11 is 0. The van der Waals surface area contributed by atoms with Gasteiger partial charge in [0, 0.05) is 26.2 Å². The first-order chi connectivity index (χ1) is 17.7. The number of methoxy groups -OCH3 is 1. The lowest BCUT2D eigenvalue weighted by molar-refractivity contribution is -0.151. The monoisotopic (exact) mass is 482 g/mol. The number of amides is 1. The molecule has 2 atom stereocenters. The Labute approximate surface area is 211 Å². The van der Waals surface area contributed by atoms with E-state index in [0.29, 0.717) is 19.0 Å². The quantitative estimate of drug-likeness (QED) is 0.446. The SMILES string of the molecule is COC(=O)C1C(=O)NC(N2CCN(C(c3ccccc3)c3ccccc3)CC2)=NC1c1ccccc1. The molecule has 0 radical (unpaired) electrons. The van der Waals surface area contributed by atoms with Gasteiger partial charge in [0.05, 0.1) is 13.2 Å². The van der Waals surface area contributed by atoms with Crippen LogP contribution in [0.4, 0.5) is 0 Å². The Kier molecular flexibility index (Phi) is 7.09. The van der Waals surface area contributed by atoms with Gasteiger partial charge in [0.25, 0.3) is 0 Å². The summed E-state index contributed by atoms with van der Waals surface area (Å²) in [6.07, 6.45) is 0. The van der Waals surface area contributed by atoms with Gasteiger partial charge in [-0.15, -0.1) is 0 Å². The molecule has 184 valence electrons. The molecular formula is C29H30N4O3. The minimum atomic E-state index is -1.01. The van der Waals surface area contributed by atoms with Crippen molar-refractivity contribution in [1.29, 1.82) is 0 Å². The van der Waals surface area contributed by atoms with Gasteiger partial charge in [-0.2, -0.15) is 0 Å². The van der Waals surface area contributed by atoms with Gasteiger partial charge in [0.1, 0.15) is 6.04 Å². The fourth-order valence-corrected chi connectivity index (χ4v) is 5.09. The molecule has 0 aliphatic carbocycles. The predicted molar refractivity (Wildman–Crippen MR) is 138 cm³/mol. The van der Waals surface area contributed by atoms with Crippen molar-refractivity contribution in [3.63, 3.8) is 0 Å². The van der Waals surface area contributed by atoms with E-state index >= 15 is 0 Å². The zero-order valence-corrected chi connectivity index (χ0v) is 20.3. The molecule has 1 fully saturated rings. The maximum atomic E-state index is 13.0. The lowest BCUT2D eigenvalue weighted by Gasteiger charge is -2.42. The fourth-order valence-electron chi connectivity index (χ4n) is 5.09. The number of hydrogen-bond donors (Lipinski definition) is 1. The van der Waals surface area contributed by atoms with Crippen LogP contribution in [0, 0.1) is 5.92 Å². The number of esters is 1. The minimum Gasteiger partial charge on any atom is -0.468 e. The normalized spacial score (nSPS) is 20.6. The van der Waals surface area contributed by atoms with Crippen molar-refractivity contribution in [2.75, 3.05) is 33.3 Å². The predicted octanol–water partition coefficient (Wildman–Crippen LogP) is 3.41. The Morgan fingerprint density at radius 3 is 1.92 bits per heavy atom.